The summed E-state index contributed by atoms with van der Waals surface area (Å²) in [4.78, 5) is 3.89. The lowest BCUT2D eigenvalue weighted by atomic mass is 10.3. The van der Waals surface area contributed by atoms with E-state index in [0.29, 0.717) is 11.4 Å². The SMILES string of the molecule is N/N=C(\N)c1ncccc1N. The number of rotatable bonds is 1. The van der Waals surface area contributed by atoms with E-state index >= 15 is 0 Å². The first-order valence-electron chi connectivity index (χ1n) is 3.00. The molecule has 1 rings (SSSR count). The third kappa shape index (κ3) is 1.37. The minimum atomic E-state index is 0.142. The lowest BCUT2D eigenvalue weighted by Gasteiger charge is -2.00. The normalized spacial score (nSPS) is 11.5. The van der Waals surface area contributed by atoms with Gasteiger partial charge in [-0.3, -0.25) is 4.98 Å². The Bertz CT molecular complexity index is 280. The topological polar surface area (TPSA) is 103 Å². The van der Waals surface area contributed by atoms with Gasteiger partial charge in [-0.2, -0.15) is 5.10 Å². The average Bonchev–Trinajstić information content (AvgIpc) is 2.04. The van der Waals surface area contributed by atoms with Crippen molar-refractivity contribution in [1.29, 1.82) is 0 Å². The van der Waals surface area contributed by atoms with Crippen LogP contribution in [-0.2, 0) is 0 Å². The summed E-state index contributed by atoms with van der Waals surface area (Å²) in [5.74, 6) is 5.08. The maximum absolute atomic E-state index is 5.52. The van der Waals surface area contributed by atoms with Crippen molar-refractivity contribution in [1.82, 2.24) is 4.98 Å². The van der Waals surface area contributed by atoms with E-state index < -0.39 is 0 Å². The molecule has 5 heteroatoms. The number of hydrogen-bond donors (Lipinski definition) is 3. The molecule has 58 valence electrons. The summed E-state index contributed by atoms with van der Waals surface area (Å²) in [6.07, 6.45) is 1.57. The fraction of sp³-hybridized carbons (Fsp3) is 0. The van der Waals surface area contributed by atoms with Crippen LogP contribution in [0.15, 0.2) is 23.4 Å². The van der Waals surface area contributed by atoms with E-state index in [1.165, 1.54) is 0 Å². The minimum Gasteiger partial charge on any atom is -0.397 e. The van der Waals surface area contributed by atoms with E-state index in [4.69, 9.17) is 17.3 Å². The van der Waals surface area contributed by atoms with Crippen molar-refractivity contribution in [2.45, 2.75) is 0 Å². The van der Waals surface area contributed by atoms with Gasteiger partial charge >= 0.3 is 0 Å². The van der Waals surface area contributed by atoms with Crippen LogP contribution in [0.4, 0.5) is 5.69 Å². The molecule has 0 fully saturated rings. The van der Waals surface area contributed by atoms with Gasteiger partial charge in [0.15, 0.2) is 5.84 Å². The molecule has 0 saturated heterocycles. The van der Waals surface area contributed by atoms with E-state index in [9.17, 15) is 0 Å². The maximum Gasteiger partial charge on any atom is 0.171 e. The van der Waals surface area contributed by atoms with E-state index in [-0.39, 0.29) is 5.84 Å². The Hall–Kier alpha value is -1.78. The van der Waals surface area contributed by atoms with Gasteiger partial charge < -0.3 is 17.3 Å². The molecular formula is C6H9N5. The molecule has 0 aromatic carbocycles. The van der Waals surface area contributed by atoms with E-state index in [1.54, 1.807) is 18.3 Å². The first kappa shape index (κ1) is 7.33. The van der Waals surface area contributed by atoms with Crippen LogP contribution in [0.1, 0.15) is 5.69 Å². The average molecular weight is 151 g/mol. The molecule has 0 unspecified atom stereocenters. The zero-order chi connectivity index (χ0) is 8.27. The van der Waals surface area contributed by atoms with Crippen molar-refractivity contribution < 1.29 is 0 Å². The van der Waals surface area contributed by atoms with Crippen molar-refractivity contribution in [2.75, 3.05) is 5.73 Å². The third-order valence-electron chi connectivity index (χ3n) is 1.22. The highest BCUT2D eigenvalue weighted by molar-refractivity contribution is 5.99. The van der Waals surface area contributed by atoms with E-state index in [2.05, 4.69) is 10.1 Å². The number of amidine groups is 1. The van der Waals surface area contributed by atoms with Gasteiger partial charge in [-0.15, -0.1) is 0 Å². The first-order chi connectivity index (χ1) is 5.25. The summed E-state index contributed by atoms with van der Waals surface area (Å²) in [5, 5.41) is 3.27. The van der Waals surface area contributed by atoms with Gasteiger partial charge in [0, 0.05) is 6.20 Å². The Morgan fingerprint density at radius 2 is 2.27 bits per heavy atom. The first-order valence-corrected chi connectivity index (χ1v) is 3.00. The lowest BCUT2D eigenvalue weighted by molar-refractivity contribution is 1.20. The molecule has 0 aliphatic carbocycles. The monoisotopic (exact) mass is 151 g/mol. The number of hydrazone groups is 1. The molecule has 0 radical (unpaired) electrons. The molecule has 0 spiro atoms. The second kappa shape index (κ2) is 2.87. The molecule has 0 aliphatic rings. The fourth-order valence-corrected chi connectivity index (χ4v) is 0.693. The van der Waals surface area contributed by atoms with Crippen LogP contribution >= 0.6 is 0 Å². The third-order valence-corrected chi connectivity index (χ3v) is 1.22. The van der Waals surface area contributed by atoms with Gasteiger partial charge in [-0.25, -0.2) is 0 Å². The summed E-state index contributed by atoms with van der Waals surface area (Å²) in [6.45, 7) is 0. The zero-order valence-corrected chi connectivity index (χ0v) is 5.86. The molecule has 1 aromatic heterocycles. The van der Waals surface area contributed by atoms with Crippen LogP contribution in [-0.4, -0.2) is 10.8 Å². The second-order valence-corrected chi connectivity index (χ2v) is 1.96. The van der Waals surface area contributed by atoms with E-state index in [0.717, 1.165) is 0 Å². The molecule has 0 aliphatic heterocycles. The molecule has 1 heterocycles. The van der Waals surface area contributed by atoms with Crippen molar-refractivity contribution in [3.8, 4) is 0 Å². The zero-order valence-electron chi connectivity index (χ0n) is 5.86. The summed E-state index contributed by atoms with van der Waals surface area (Å²) in [5.41, 5.74) is 11.8. The molecule has 0 bridgehead atoms. The number of pyridine rings is 1. The van der Waals surface area contributed by atoms with Gasteiger partial charge in [-0.05, 0) is 12.1 Å². The van der Waals surface area contributed by atoms with Gasteiger partial charge in [0.05, 0.1) is 5.69 Å². The predicted octanol–water partition coefficient (Wildman–Crippen LogP) is -0.757. The van der Waals surface area contributed by atoms with Gasteiger partial charge in [-0.1, -0.05) is 0 Å². The van der Waals surface area contributed by atoms with E-state index in [1.807, 2.05) is 0 Å². The molecule has 11 heavy (non-hydrogen) atoms. The molecule has 0 saturated carbocycles. The second-order valence-electron chi connectivity index (χ2n) is 1.96. The Morgan fingerprint density at radius 3 is 2.82 bits per heavy atom. The Kier molecular flexibility index (Phi) is 1.91. The van der Waals surface area contributed by atoms with Crippen molar-refractivity contribution in [2.24, 2.45) is 16.7 Å². The summed E-state index contributed by atoms with van der Waals surface area (Å²) < 4.78 is 0. The van der Waals surface area contributed by atoms with Crippen molar-refractivity contribution in [3.05, 3.63) is 24.0 Å². The van der Waals surface area contributed by atoms with Crippen LogP contribution in [0.2, 0.25) is 0 Å². The smallest absolute Gasteiger partial charge is 0.171 e. The number of anilines is 1. The molecule has 1 aromatic rings. The molecular weight excluding hydrogens is 142 g/mol. The highest BCUT2D eigenvalue weighted by Gasteiger charge is 2.02. The number of nitrogens with zero attached hydrogens (tertiary/aromatic N) is 2. The standard InChI is InChI=1S/C6H9N5/c7-4-2-1-3-10-5(4)6(8)11-9/h1-3H,7,9H2,(H2,8,11). The fourth-order valence-electron chi connectivity index (χ4n) is 0.693. The maximum atomic E-state index is 5.52. The minimum absolute atomic E-state index is 0.142. The molecule has 0 amide bonds. The number of aromatic nitrogens is 1. The van der Waals surface area contributed by atoms with Crippen LogP contribution in [0.3, 0.4) is 0 Å². The van der Waals surface area contributed by atoms with Gasteiger partial charge in [0.2, 0.25) is 0 Å². The van der Waals surface area contributed by atoms with Crippen molar-refractivity contribution >= 4 is 11.5 Å². The Labute approximate surface area is 63.9 Å². The Balaban J connectivity index is 3.14. The lowest BCUT2D eigenvalue weighted by Crippen LogP contribution is -2.18. The quantitative estimate of drug-likeness (QED) is 0.212. The van der Waals surface area contributed by atoms with Crippen LogP contribution < -0.4 is 17.3 Å². The number of nitrogen functional groups attached to an aromatic ring is 1. The van der Waals surface area contributed by atoms with Crippen molar-refractivity contribution in [3.63, 3.8) is 0 Å². The summed E-state index contributed by atoms with van der Waals surface area (Å²) in [7, 11) is 0. The molecule has 5 nitrogen and oxygen atoms in total. The highest BCUT2D eigenvalue weighted by atomic mass is 15.2. The van der Waals surface area contributed by atoms with Gasteiger partial charge in [0.1, 0.15) is 5.69 Å². The highest BCUT2D eigenvalue weighted by Crippen LogP contribution is 2.04. The number of hydrogen-bond acceptors (Lipinski definition) is 4. The summed E-state index contributed by atoms with van der Waals surface area (Å²) in [6, 6.07) is 3.39. The number of nitrogens with two attached hydrogens (primary N) is 3. The Morgan fingerprint density at radius 1 is 1.55 bits per heavy atom. The predicted molar refractivity (Wildman–Crippen MR) is 43.6 cm³/mol. The largest absolute Gasteiger partial charge is 0.397 e. The van der Waals surface area contributed by atoms with Crippen LogP contribution in [0.25, 0.3) is 0 Å². The summed E-state index contributed by atoms with van der Waals surface area (Å²) >= 11 is 0. The molecule has 0 atom stereocenters. The van der Waals surface area contributed by atoms with Gasteiger partial charge in [0.25, 0.3) is 0 Å². The molecule has 6 N–H and O–H groups in total. The van der Waals surface area contributed by atoms with Crippen LogP contribution in [0.5, 0.6) is 0 Å². The van der Waals surface area contributed by atoms with Crippen LogP contribution in [0, 0.1) is 0 Å².